The first-order valence-corrected chi connectivity index (χ1v) is 2.93. The Kier molecular flexibility index (Phi) is 4.62. The van der Waals surface area contributed by atoms with E-state index in [2.05, 4.69) is 9.24 Å². The summed E-state index contributed by atoms with van der Waals surface area (Å²) in [5.74, 6) is 0. The zero-order chi connectivity index (χ0) is 6.41. The Balaban J connectivity index is 3.53. The van der Waals surface area contributed by atoms with E-state index in [0.717, 1.165) is 5.31 Å². The Morgan fingerprint density at radius 1 is 1.62 bits per heavy atom. The smallest absolute Gasteiger partial charge is 0.0110 e. The van der Waals surface area contributed by atoms with E-state index in [4.69, 9.17) is 11.5 Å². The Morgan fingerprint density at radius 2 is 2.25 bits per heavy atom. The molecule has 1 unspecified atom stereocenters. The molecule has 0 aliphatic rings. The molecule has 4 N–H and O–H groups in total. The molecule has 1 atom stereocenters. The first kappa shape index (κ1) is 7.67. The molecule has 0 heterocycles. The fourth-order valence-corrected chi connectivity index (χ4v) is 0.396. The SMILES string of the molecule is NC=C(P)C=CCN. The average Bonchev–Trinajstić information content (AvgIpc) is 1.83. The number of rotatable bonds is 2. The van der Waals surface area contributed by atoms with Crippen molar-refractivity contribution in [2.75, 3.05) is 6.54 Å². The van der Waals surface area contributed by atoms with Gasteiger partial charge in [-0.05, 0) is 5.31 Å². The molecule has 0 fully saturated rings. The molecule has 0 saturated carbocycles. The van der Waals surface area contributed by atoms with Gasteiger partial charge in [0.15, 0.2) is 0 Å². The molecule has 3 heteroatoms. The maximum Gasteiger partial charge on any atom is 0.0110 e. The lowest BCUT2D eigenvalue weighted by atomic mass is 10.5. The van der Waals surface area contributed by atoms with Crippen molar-refractivity contribution < 1.29 is 0 Å². The van der Waals surface area contributed by atoms with Gasteiger partial charge < -0.3 is 11.5 Å². The van der Waals surface area contributed by atoms with E-state index < -0.39 is 0 Å². The number of nitrogens with two attached hydrogens (primary N) is 2. The predicted molar refractivity (Wildman–Crippen MR) is 40.2 cm³/mol. The van der Waals surface area contributed by atoms with Gasteiger partial charge in [0.25, 0.3) is 0 Å². The maximum absolute atomic E-state index is 5.17. The molecule has 0 bridgehead atoms. The van der Waals surface area contributed by atoms with E-state index >= 15 is 0 Å². The third kappa shape index (κ3) is 3.85. The summed E-state index contributed by atoms with van der Waals surface area (Å²) in [5.41, 5.74) is 10.3. The summed E-state index contributed by atoms with van der Waals surface area (Å²) in [5, 5.41) is 0.954. The summed E-state index contributed by atoms with van der Waals surface area (Å²) in [6.45, 7) is 0.561. The zero-order valence-electron chi connectivity index (χ0n) is 4.67. The molecule has 0 amide bonds. The van der Waals surface area contributed by atoms with Crippen LogP contribution in [0.15, 0.2) is 23.7 Å². The summed E-state index contributed by atoms with van der Waals surface area (Å²) in [6.07, 6.45) is 5.20. The van der Waals surface area contributed by atoms with E-state index in [1.54, 1.807) is 0 Å². The first-order valence-electron chi connectivity index (χ1n) is 2.35. The topological polar surface area (TPSA) is 52.0 Å². The van der Waals surface area contributed by atoms with Crippen molar-refractivity contribution >= 4 is 9.24 Å². The van der Waals surface area contributed by atoms with Gasteiger partial charge in [-0.1, -0.05) is 12.2 Å². The molecule has 0 aromatic carbocycles. The fourth-order valence-electron chi connectivity index (χ4n) is 0.260. The second-order valence-corrected chi connectivity index (χ2v) is 1.97. The number of allylic oxidation sites excluding steroid dienone is 2. The molecule has 0 spiro atoms. The Morgan fingerprint density at radius 3 is 2.62 bits per heavy atom. The van der Waals surface area contributed by atoms with Crippen LogP contribution in [0.4, 0.5) is 0 Å². The second kappa shape index (κ2) is 4.82. The van der Waals surface area contributed by atoms with Gasteiger partial charge in [-0.15, -0.1) is 9.24 Å². The van der Waals surface area contributed by atoms with Crippen LogP contribution < -0.4 is 11.5 Å². The predicted octanol–water partition coefficient (Wildman–Crippen LogP) is 0.177. The summed E-state index contributed by atoms with van der Waals surface area (Å²) in [6, 6.07) is 0. The molecule has 2 nitrogen and oxygen atoms in total. The van der Waals surface area contributed by atoms with Crippen LogP contribution in [0.1, 0.15) is 0 Å². The van der Waals surface area contributed by atoms with E-state index in [9.17, 15) is 0 Å². The van der Waals surface area contributed by atoms with Gasteiger partial charge in [0, 0.05) is 12.7 Å². The van der Waals surface area contributed by atoms with Crippen molar-refractivity contribution in [2.45, 2.75) is 0 Å². The highest BCUT2D eigenvalue weighted by Gasteiger charge is 1.73. The van der Waals surface area contributed by atoms with E-state index in [-0.39, 0.29) is 0 Å². The third-order valence-corrected chi connectivity index (χ3v) is 1.02. The normalized spacial score (nSPS) is 13.0. The van der Waals surface area contributed by atoms with Crippen LogP contribution in [0, 0.1) is 0 Å². The molecule has 0 aliphatic heterocycles. The van der Waals surface area contributed by atoms with Crippen LogP contribution in [-0.4, -0.2) is 6.54 Å². The lowest BCUT2D eigenvalue weighted by molar-refractivity contribution is 1.25. The zero-order valence-corrected chi connectivity index (χ0v) is 5.83. The van der Waals surface area contributed by atoms with Crippen molar-refractivity contribution in [3.05, 3.63) is 23.7 Å². The summed E-state index contributed by atoms with van der Waals surface area (Å²) in [7, 11) is 2.48. The highest BCUT2D eigenvalue weighted by Crippen LogP contribution is 2.02. The highest BCUT2D eigenvalue weighted by molar-refractivity contribution is 7.22. The van der Waals surface area contributed by atoms with E-state index in [0.29, 0.717) is 6.54 Å². The minimum Gasteiger partial charge on any atom is -0.404 e. The van der Waals surface area contributed by atoms with Gasteiger partial charge >= 0.3 is 0 Å². The van der Waals surface area contributed by atoms with Crippen molar-refractivity contribution in [1.82, 2.24) is 0 Å². The lowest BCUT2D eigenvalue weighted by Crippen LogP contribution is -1.92. The number of hydrogen-bond acceptors (Lipinski definition) is 2. The minimum absolute atomic E-state index is 0.561. The van der Waals surface area contributed by atoms with Crippen LogP contribution in [-0.2, 0) is 0 Å². The average molecular weight is 130 g/mol. The Hall–Kier alpha value is -0.330. The monoisotopic (exact) mass is 130 g/mol. The van der Waals surface area contributed by atoms with Gasteiger partial charge in [-0.3, -0.25) is 0 Å². The lowest BCUT2D eigenvalue weighted by Gasteiger charge is -1.84. The molecule has 0 saturated heterocycles. The molecule has 46 valence electrons. The van der Waals surface area contributed by atoms with Gasteiger partial charge in [0.05, 0.1) is 0 Å². The molecular formula is C5H11N2P. The molecule has 8 heavy (non-hydrogen) atoms. The summed E-state index contributed by atoms with van der Waals surface area (Å²) in [4.78, 5) is 0. The highest BCUT2D eigenvalue weighted by atomic mass is 31.0. The standard InChI is InChI=1S/C5H11N2P/c6-3-1-2-5(8)4-7/h1-2,4H,3,6-8H2. The van der Waals surface area contributed by atoms with Crippen LogP contribution in [0.5, 0.6) is 0 Å². The van der Waals surface area contributed by atoms with Crippen LogP contribution in [0.3, 0.4) is 0 Å². The summed E-state index contributed by atoms with van der Waals surface area (Å²) >= 11 is 0. The molecule has 0 rings (SSSR count). The van der Waals surface area contributed by atoms with Crippen molar-refractivity contribution in [1.29, 1.82) is 0 Å². The first-order chi connectivity index (χ1) is 3.81. The van der Waals surface area contributed by atoms with E-state index in [1.165, 1.54) is 6.20 Å². The van der Waals surface area contributed by atoms with Crippen molar-refractivity contribution in [3.8, 4) is 0 Å². The molecule has 0 aromatic rings. The van der Waals surface area contributed by atoms with Gasteiger partial charge in [0.2, 0.25) is 0 Å². The van der Waals surface area contributed by atoms with Crippen LogP contribution in [0.2, 0.25) is 0 Å². The van der Waals surface area contributed by atoms with Gasteiger partial charge in [-0.25, -0.2) is 0 Å². The van der Waals surface area contributed by atoms with Gasteiger partial charge in [0.1, 0.15) is 0 Å². The molecule has 0 aliphatic carbocycles. The van der Waals surface area contributed by atoms with Crippen molar-refractivity contribution in [3.63, 3.8) is 0 Å². The maximum atomic E-state index is 5.17. The fraction of sp³-hybridized carbons (Fsp3) is 0.200. The second-order valence-electron chi connectivity index (χ2n) is 1.30. The Bertz CT molecular complexity index is 107. The summed E-state index contributed by atoms with van der Waals surface area (Å²) < 4.78 is 0. The third-order valence-electron chi connectivity index (χ3n) is 0.639. The molecule has 0 aromatic heterocycles. The Labute approximate surface area is 51.8 Å². The largest absolute Gasteiger partial charge is 0.404 e. The number of hydrogen-bond donors (Lipinski definition) is 2. The van der Waals surface area contributed by atoms with Crippen LogP contribution in [0.25, 0.3) is 0 Å². The van der Waals surface area contributed by atoms with Crippen molar-refractivity contribution in [2.24, 2.45) is 11.5 Å². The van der Waals surface area contributed by atoms with Gasteiger partial charge in [-0.2, -0.15) is 0 Å². The quantitative estimate of drug-likeness (QED) is 0.413. The van der Waals surface area contributed by atoms with Crippen LogP contribution >= 0.6 is 9.24 Å². The van der Waals surface area contributed by atoms with E-state index in [1.807, 2.05) is 12.2 Å². The molecular weight excluding hydrogens is 119 g/mol. The molecule has 0 radical (unpaired) electrons. The minimum atomic E-state index is 0.561.